The van der Waals surface area contributed by atoms with Gasteiger partial charge in [0.15, 0.2) is 9.84 Å². The molecule has 0 radical (unpaired) electrons. The molecule has 104 valence electrons. The second-order valence-corrected chi connectivity index (χ2v) is 8.24. The van der Waals surface area contributed by atoms with Crippen molar-refractivity contribution in [2.24, 2.45) is 11.7 Å². The van der Waals surface area contributed by atoms with Crippen molar-refractivity contribution in [1.82, 2.24) is 0 Å². The van der Waals surface area contributed by atoms with Gasteiger partial charge in [0.25, 0.3) is 0 Å². The molecule has 1 aliphatic carbocycles. The Labute approximate surface area is 112 Å². The Morgan fingerprint density at radius 3 is 2.39 bits per heavy atom. The number of hydrogen-bond donors (Lipinski definition) is 1. The number of halogens is 1. The predicted molar refractivity (Wildman–Crippen MR) is 69.7 cm³/mol. The molecule has 2 atom stereocenters. The summed E-state index contributed by atoms with van der Waals surface area (Å²) >= 11 is 5.63. The molecule has 0 amide bonds. The van der Waals surface area contributed by atoms with Gasteiger partial charge < -0.3 is 10.5 Å². The van der Waals surface area contributed by atoms with E-state index in [0.717, 1.165) is 6.26 Å². The summed E-state index contributed by atoms with van der Waals surface area (Å²) in [6.07, 6.45) is 2.55. The summed E-state index contributed by atoms with van der Waals surface area (Å²) in [5.74, 6) is -0.966. The van der Waals surface area contributed by atoms with Gasteiger partial charge in [-0.15, -0.1) is 0 Å². The quantitative estimate of drug-likeness (QED) is 0.790. The lowest BCUT2D eigenvalue weighted by atomic mass is 10.2. The first-order chi connectivity index (χ1) is 7.85. The Kier molecular flexibility index (Phi) is 3.87. The summed E-state index contributed by atoms with van der Waals surface area (Å²) in [5, 5.41) is 0. The number of ether oxygens (including phenoxy) is 1. The molecule has 1 aliphatic rings. The number of rotatable bonds is 3. The Morgan fingerprint density at radius 2 is 2.00 bits per heavy atom. The van der Waals surface area contributed by atoms with Gasteiger partial charge in [0.05, 0.1) is 11.5 Å². The van der Waals surface area contributed by atoms with E-state index in [2.05, 4.69) is 0 Å². The Balaban J connectivity index is 2.77. The molecule has 0 spiro atoms. The second kappa shape index (κ2) is 4.51. The summed E-state index contributed by atoms with van der Waals surface area (Å²) in [5.41, 5.74) is 4.28. The molecule has 0 saturated heterocycles. The lowest BCUT2D eigenvalue weighted by Crippen LogP contribution is -2.31. The lowest BCUT2D eigenvalue weighted by molar-refractivity contribution is -0.156. The van der Waals surface area contributed by atoms with Crippen molar-refractivity contribution in [3.05, 3.63) is 10.4 Å². The molecular formula is C11H18ClNO4S. The Bertz CT molecular complexity index is 492. The fraction of sp³-hybridized carbons (Fsp3) is 0.727. The zero-order chi connectivity index (χ0) is 14.4. The van der Waals surface area contributed by atoms with Crippen molar-refractivity contribution in [2.45, 2.75) is 38.3 Å². The number of sulfone groups is 1. The smallest absolute Gasteiger partial charge is 0.311 e. The molecule has 2 unspecified atom stereocenters. The van der Waals surface area contributed by atoms with Gasteiger partial charge in [0.2, 0.25) is 0 Å². The maximum absolute atomic E-state index is 11.7. The van der Waals surface area contributed by atoms with E-state index in [1.165, 1.54) is 6.08 Å². The van der Waals surface area contributed by atoms with Crippen LogP contribution in [0.15, 0.2) is 10.4 Å². The van der Waals surface area contributed by atoms with Crippen LogP contribution in [0.5, 0.6) is 0 Å². The largest absolute Gasteiger partial charge is 0.460 e. The first kappa shape index (κ1) is 15.5. The molecule has 0 aromatic heterocycles. The number of esters is 1. The monoisotopic (exact) mass is 295 g/mol. The number of carbonyl (C=O) groups excluding carboxylic acids is 1. The highest BCUT2D eigenvalue weighted by Gasteiger charge is 2.56. The molecule has 0 aromatic rings. The molecule has 7 heteroatoms. The molecule has 0 bridgehead atoms. The minimum atomic E-state index is -3.49. The van der Waals surface area contributed by atoms with E-state index >= 15 is 0 Å². The summed E-state index contributed by atoms with van der Waals surface area (Å²) in [4.78, 5) is 11.7. The van der Waals surface area contributed by atoms with E-state index in [1.54, 1.807) is 20.8 Å². The van der Waals surface area contributed by atoms with E-state index in [-0.39, 0.29) is 4.36 Å². The van der Waals surface area contributed by atoms with Crippen LogP contribution >= 0.6 is 11.6 Å². The number of hydrogen-bond acceptors (Lipinski definition) is 5. The zero-order valence-electron chi connectivity index (χ0n) is 10.9. The molecule has 5 nitrogen and oxygen atoms in total. The van der Waals surface area contributed by atoms with Gasteiger partial charge in [-0.05, 0) is 33.3 Å². The highest BCUT2D eigenvalue weighted by Crippen LogP contribution is 2.45. The summed E-state index contributed by atoms with van der Waals surface area (Å²) in [6.45, 7) is 5.26. The molecule has 1 fully saturated rings. The summed E-state index contributed by atoms with van der Waals surface area (Å²) in [6, 6.07) is 0. The standard InChI is InChI=1S/C11H18ClNO4S/c1-10(2,3)17-9(14)7-5-11(7,13)6-8(12)18(4,15)16/h6-7H,5,13H2,1-4H3/b8-6+. The maximum Gasteiger partial charge on any atom is 0.311 e. The Morgan fingerprint density at radius 1 is 1.50 bits per heavy atom. The third kappa shape index (κ3) is 3.96. The van der Waals surface area contributed by atoms with Gasteiger partial charge in [-0.25, -0.2) is 8.42 Å². The van der Waals surface area contributed by atoms with Crippen LogP contribution < -0.4 is 5.73 Å². The van der Waals surface area contributed by atoms with Crippen LogP contribution in [-0.2, 0) is 19.4 Å². The van der Waals surface area contributed by atoms with E-state index in [4.69, 9.17) is 22.1 Å². The molecule has 0 aromatic carbocycles. The first-order valence-corrected chi connectivity index (χ1v) is 7.72. The van der Waals surface area contributed by atoms with Gasteiger partial charge in [0.1, 0.15) is 9.97 Å². The van der Waals surface area contributed by atoms with Crippen LogP contribution in [0.3, 0.4) is 0 Å². The van der Waals surface area contributed by atoms with Crippen LogP contribution in [0.2, 0.25) is 0 Å². The normalized spacial score (nSPS) is 29.0. The summed E-state index contributed by atoms with van der Waals surface area (Å²) in [7, 11) is -3.49. The fourth-order valence-corrected chi connectivity index (χ4v) is 2.08. The van der Waals surface area contributed by atoms with E-state index in [9.17, 15) is 13.2 Å². The Hall–Kier alpha value is -0.590. The van der Waals surface area contributed by atoms with Gasteiger partial charge in [-0.1, -0.05) is 11.6 Å². The van der Waals surface area contributed by atoms with Crippen molar-refractivity contribution in [2.75, 3.05) is 6.26 Å². The van der Waals surface area contributed by atoms with Crippen LogP contribution in [-0.4, -0.2) is 31.8 Å². The van der Waals surface area contributed by atoms with Gasteiger partial charge in [0, 0.05) is 6.26 Å². The SMILES string of the molecule is CC(C)(C)OC(=O)C1CC1(N)/C=C(\Cl)S(C)(=O)=O. The van der Waals surface area contributed by atoms with E-state index < -0.39 is 32.9 Å². The average Bonchev–Trinajstić information content (AvgIpc) is 2.72. The predicted octanol–water partition coefficient (Wildman–Crippen LogP) is 1.17. The molecular weight excluding hydrogens is 278 g/mol. The highest BCUT2D eigenvalue weighted by atomic mass is 35.5. The highest BCUT2D eigenvalue weighted by molar-refractivity contribution is 7.96. The van der Waals surface area contributed by atoms with Gasteiger partial charge in [-0.2, -0.15) is 0 Å². The first-order valence-electron chi connectivity index (χ1n) is 5.45. The van der Waals surface area contributed by atoms with Crippen LogP contribution in [0, 0.1) is 5.92 Å². The lowest BCUT2D eigenvalue weighted by Gasteiger charge is -2.20. The fourth-order valence-electron chi connectivity index (χ4n) is 1.45. The van der Waals surface area contributed by atoms with Crippen LogP contribution in [0.25, 0.3) is 0 Å². The number of nitrogens with two attached hydrogens (primary N) is 1. The molecule has 0 aliphatic heterocycles. The van der Waals surface area contributed by atoms with E-state index in [1.807, 2.05) is 0 Å². The zero-order valence-corrected chi connectivity index (χ0v) is 12.4. The van der Waals surface area contributed by atoms with Crippen molar-refractivity contribution < 1.29 is 17.9 Å². The maximum atomic E-state index is 11.7. The van der Waals surface area contributed by atoms with Crippen molar-refractivity contribution in [1.29, 1.82) is 0 Å². The number of carbonyl (C=O) groups is 1. The van der Waals surface area contributed by atoms with Gasteiger partial charge >= 0.3 is 5.97 Å². The molecule has 2 N–H and O–H groups in total. The van der Waals surface area contributed by atoms with Crippen LogP contribution in [0.1, 0.15) is 27.2 Å². The minimum absolute atomic E-state index is 0.337. The average molecular weight is 296 g/mol. The third-order valence-corrected chi connectivity index (χ3v) is 4.25. The van der Waals surface area contributed by atoms with Crippen LogP contribution in [0.4, 0.5) is 0 Å². The van der Waals surface area contributed by atoms with Crippen molar-refractivity contribution in [3.8, 4) is 0 Å². The summed E-state index contributed by atoms with van der Waals surface area (Å²) < 4.78 is 27.2. The molecule has 1 rings (SSSR count). The minimum Gasteiger partial charge on any atom is -0.460 e. The third-order valence-electron chi connectivity index (χ3n) is 2.47. The van der Waals surface area contributed by atoms with E-state index in [0.29, 0.717) is 6.42 Å². The van der Waals surface area contributed by atoms with Gasteiger partial charge in [-0.3, -0.25) is 4.79 Å². The van der Waals surface area contributed by atoms with Crippen molar-refractivity contribution >= 4 is 27.4 Å². The second-order valence-electron chi connectivity index (χ2n) is 5.62. The molecule has 1 saturated carbocycles. The molecule has 0 heterocycles. The topological polar surface area (TPSA) is 86.5 Å². The van der Waals surface area contributed by atoms with Crippen molar-refractivity contribution in [3.63, 3.8) is 0 Å². The molecule has 18 heavy (non-hydrogen) atoms.